The van der Waals surface area contributed by atoms with Crippen LogP contribution in [0.25, 0.3) is 0 Å². The van der Waals surface area contributed by atoms with Crippen LogP contribution >= 0.6 is 11.8 Å². The molecule has 3 aliphatic rings. The molecule has 5 rings (SSSR count). The van der Waals surface area contributed by atoms with E-state index in [1.807, 2.05) is 76.2 Å². The number of nitrogens with one attached hydrogen (secondary N) is 2. The summed E-state index contributed by atoms with van der Waals surface area (Å²) >= 11 is 1.65. The number of benzene rings is 2. The molecule has 0 radical (unpaired) electrons. The van der Waals surface area contributed by atoms with E-state index in [0.717, 1.165) is 28.8 Å². The second kappa shape index (κ2) is 10.6. The maximum atomic E-state index is 14.3. The van der Waals surface area contributed by atoms with E-state index in [9.17, 15) is 19.5 Å². The molecule has 2 aromatic carbocycles. The molecule has 3 aliphatic heterocycles. The third-order valence-electron chi connectivity index (χ3n) is 9.01. The second-order valence-electron chi connectivity index (χ2n) is 11.8. The van der Waals surface area contributed by atoms with Crippen molar-refractivity contribution < 1.29 is 19.5 Å². The molecule has 2 bridgehead atoms. The number of likely N-dealkylation sites (tertiary alicyclic amines) is 1. The molecule has 0 aromatic heterocycles. The fourth-order valence-electron chi connectivity index (χ4n) is 7.01. The molecule has 7 atom stereocenters. The number of carbonyl (C=O) groups excluding carboxylic acids is 3. The molecule has 3 amide bonds. The van der Waals surface area contributed by atoms with Crippen LogP contribution in [-0.2, 0) is 20.9 Å². The summed E-state index contributed by atoms with van der Waals surface area (Å²) in [6, 6.07) is 14.3. The first-order valence-corrected chi connectivity index (χ1v) is 14.8. The zero-order valence-corrected chi connectivity index (χ0v) is 24.1. The molecule has 0 saturated carbocycles. The number of aryl methyl sites for hydroxylation is 2. The number of hydrogen-bond donors (Lipinski definition) is 3. The number of hydrogen-bond acceptors (Lipinski definition) is 5. The van der Waals surface area contributed by atoms with Gasteiger partial charge < -0.3 is 20.6 Å². The van der Waals surface area contributed by atoms with Gasteiger partial charge in [0, 0.05) is 17.5 Å². The van der Waals surface area contributed by atoms with Crippen molar-refractivity contribution in [3.63, 3.8) is 0 Å². The summed E-state index contributed by atoms with van der Waals surface area (Å²) in [5.74, 6) is -1.71. The minimum Gasteiger partial charge on any atom is -0.394 e. The Labute approximate surface area is 235 Å². The summed E-state index contributed by atoms with van der Waals surface area (Å²) in [5, 5.41) is 16.6. The van der Waals surface area contributed by atoms with Crippen LogP contribution in [0, 0.1) is 37.5 Å². The summed E-state index contributed by atoms with van der Waals surface area (Å²) in [6.07, 6.45) is 0.768. The quantitative estimate of drug-likeness (QED) is 0.464. The number of carbonyl (C=O) groups is 3. The monoisotopic (exact) mass is 549 g/mol. The van der Waals surface area contributed by atoms with Gasteiger partial charge >= 0.3 is 0 Å². The first-order valence-electron chi connectivity index (χ1n) is 13.9. The van der Waals surface area contributed by atoms with E-state index < -0.39 is 28.7 Å². The highest BCUT2D eigenvalue weighted by atomic mass is 32.2. The van der Waals surface area contributed by atoms with Gasteiger partial charge in [0.15, 0.2) is 0 Å². The first kappa shape index (κ1) is 27.7. The maximum Gasteiger partial charge on any atom is 0.248 e. The molecule has 8 heteroatoms. The molecule has 2 aromatic rings. The van der Waals surface area contributed by atoms with Gasteiger partial charge in [-0.3, -0.25) is 14.4 Å². The van der Waals surface area contributed by atoms with Crippen LogP contribution in [0.15, 0.2) is 48.5 Å². The highest BCUT2D eigenvalue weighted by Crippen LogP contribution is 2.69. The van der Waals surface area contributed by atoms with Gasteiger partial charge in [-0.25, -0.2) is 0 Å². The van der Waals surface area contributed by atoms with Crippen LogP contribution in [0.3, 0.4) is 0 Å². The van der Waals surface area contributed by atoms with Crippen LogP contribution in [0.2, 0.25) is 0 Å². The minimum absolute atomic E-state index is 0.0329. The van der Waals surface area contributed by atoms with Crippen LogP contribution in [0.5, 0.6) is 0 Å². The lowest BCUT2D eigenvalue weighted by Gasteiger charge is -2.41. The van der Waals surface area contributed by atoms with E-state index in [1.54, 1.807) is 16.7 Å². The van der Waals surface area contributed by atoms with Crippen LogP contribution < -0.4 is 10.6 Å². The van der Waals surface area contributed by atoms with E-state index in [0.29, 0.717) is 6.54 Å². The van der Waals surface area contributed by atoms with Crippen molar-refractivity contribution in [1.82, 2.24) is 10.2 Å². The van der Waals surface area contributed by atoms with E-state index in [-0.39, 0.29) is 41.4 Å². The maximum absolute atomic E-state index is 14.3. The molecular formula is C31H39N3O4S. The van der Waals surface area contributed by atoms with Gasteiger partial charge in [0.2, 0.25) is 17.7 Å². The van der Waals surface area contributed by atoms with Gasteiger partial charge in [-0.1, -0.05) is 63.2 Å². The molecule has 208 valence electrons. The SMILES string of the molecule is Cc1ccc(C)c(NC(=O)C2N([C@@H](CO)C(C)C)C(=O)[C@@H]3[C@H](C(=O)NCc4ccccc4)[C@@H]4CC(C)C23S4)c1. The lowest BCUT2D eigenvalue weighted by atomic mass is 9.66. The number of rotatable bonds is 8. The van der Waals surface area contributed by atoms with Crippen molar-refractivity contribution in [2.45, 2.75) is 69.7 Å². The minimum atomic E-state index is -0.786. The van der Waals surface area contributed by atoms with Gasteiger partial charge in [-0.15, -0.1) is 11.8 Å². The lowest BCUT2D eigenvalue weighted by molar-refractivity contribution is -0.143. The van der Waals surface area contributed by atoms with Crippen LogP contribution in [0.1, 0.15) is 43.9 Å². The second-order valence-corrected chi connectivity index (χ2v) is 13.4. The molecule has 3 N–H and O–H groups in total. The van der Waals surface area contributed by atoms with Crippen molar-refractivity contribution in [2.24, 2.45) is 23.7 Å². The number of aliphatic hydroxyl groups is 1. The Morgan fingerprint density at radius 3 is 2.51 bits per heavy atom. The largest absolute Gasteiger partial charge is 0.394 e. The Hall–Kier alpha value is -2.84. The smallest absolute Gasteiger partial charge is 0.248 e. The molecule has 0 aliphatic carbocycles. The zero-order valence-electron chi connectivity index (χ0n) is 23.3. The number of nitrogens with zero attached hydrogens (tertiary/aromatic N) is 1. The molecule has 1 spiro atoms. The summed E-state index contributed by atoms with van der Waals surface area (Å²) < 4.78 is -0.735. The predicted molar refractivity (Wildman–Crippen MR) is 154 cm³/mol. The van der Waals surface area contributed by atoms with Crippen molar-refractivity contribution in [1.29, 1.82) is 0 Å². The number of fused-ring (bicyclic) bond motifs is 1. The predicted octanol–water partition coefficient (Wildman–Crippen LogP) is 3.91. The molecule has 3 saturated heterocycles. The Bertz CT molecular complexity index is 1270. The van der Waals surface area contributed by atoms with Gasteiger partial charge in [0.25, 0.3) is 0 Å². The summed E-state index contributed by atoms with van der Waals surface area (Å²) in [4.78, 5) is 43.9. The molecule has 3 unspecified atom stereocenters. The molecule has 3 fully saturated rings. The number of thioether (sulfide) groups is 1. The van der Waals surface area contributed by atoms with Crippen molar-refractivity contribution in [2.75, 3.05) is 11.9 Å². The summed E-state index contributed by atoms with van der Waals surface area (Å²) in [6.45, 7) is 10.1. The molecule has 7 nitrogen and oxygen atoms in total. The van der Waals surface area contributed by atoms with Crippen molar-refractivity contribution >= 4 is 35.2 Å². The number of aliphatic hydroxyl groups excluding tert-OH is 1. The standard InChI is InChI=1S/C31H39N3O4S/c1-17(2)23(16-35)34-27(29(37)33-22-13-18(3)11-12-19(22)4)31-20(5)14-24(39-31)25(26(31)30(34)38)28(36)32-15-21-9-7-6-8-10-21/h6-13,17,20,23-27,35H,14-16H2,1-5H3,(H,32,36)(H,33,37)/t20?,23-,24-,25+,26-,27?,31?/m0/s1. The fourth-order valence-corrected chi connectivity index (χ4v) is 9.42. The van der Waals surface area contributed by atoms with E-state index >= 15 is 0 Å². The fraction of sp³-hybridized carbons (Fsp3) is 0.516. The molecular weight excluding hydrogens is 510 g/mol. The highest BCUT2D eigenvalue weighted by molar-refractivity contribution is 8.02. The van der Waals surface area contributed by atoms with Crippen LogP contribution in [-0.4, -0.2) is 56.4 Å². The van der Waals surface area contributed by atoms with Crippen molar-refractivity contribution in [3.8, 4) is 0 Å². The number of amides is 3. The average Bonchev–Trinajstić information content (AvgIpc) is 3.49. The molecule has 39 heavy (non-hydrogen) atoms. The highest BCUT2D eigenvalue weighted by Gasteiger charge is 2.76. The third-order valence-corrected chi connectivity index (χ3v) is 11.1. The Morgan fingerprint density at radius 1 is 1.13 bits per heavy atom. The first-order chi connectivity index (χ1) is 18.6. The number of anilines is 1. The van der Waals surface area contributed by atoms with Crippen LogP contribution in [0.4, 0.5) is 5.69 Å². The van der Waals surface area contributed by atoms with Crippen molar-refractivity contribution in [3.05, 3.63) is 65.2 Å². The van der Waals surface area contributed by atoms with Gasteiger partial charge in [0.1, 0.15) is 6.04 Å². The third kappa shape index (κ3) is 4.55. The van der Waals surface area contributed by atoms with Gasteiger partial charge in [0.05, 0.1) is 29.2 Å². The molecule has 3 heterocycles. The van der Waals surface area contributed by atoms with E-state index in [1.165, 1.54) is 0 Å². The average molecular weight is 550 g/mol. The Morgan fingerprint density at radius 2 is 1.85 bits per heavy atom. The summed E-state index contributed by atoms with van der Waals surface area (Å²) in [7, 11) is 0. The van der Waals surface area contributed by atoms with E-state index in [4.69, 9.17) is 0 Å². The van der Waals surface area contributed by atoms with E-state index in [2.05, 4.69) is 17.6 Å². The summed E-state index contributed by atoms with van der Waals surface area (Å²) in [5.41, 5.74) is 3.69. The van der Waals surface area contributed by atoms with Gasteiger partial charge in [-0.2, -0.15) is 0 Å². The van der Waals surface area contributed by atoms with Gasteiger partial charge in [-0.05, 0) is 54.9 Å². The zero-order chi connectivity index (χ0) is 28.1. The lowest BCUT2D eigenvalue weighted by Crippen LogP contribution is -2.58. The Kier molecular flexibility index (Phi) is 7.55. The Balaban J connectivity index is 1.52. The normalized spacial score (nSPS) is 30.0. The topological polar surface area (TPSA) is 98.7 Å².